The molecule has 1 aliphatic carbocycles. The van der Waals surface area contributed by atoms with Crippen LogP contribution < -0.4 is 4.90 Å². The number of nitrogens with zero attached hydrogens (tertiary/aromatic N) is 1. The Kier molecular flexibility index (Phi) is 8.82. The van der Waals surface area contributed by atoms with Crippen molar-refractivity contribution < 1.29 is 0 Å². The summed E-state index contributed by atoms with van der Waals surface area (Å²) < 4.78 is 0. The van der Waals surface area contributed by atoms with Crippen molar-refractivity contribution in [3.8, 4) is 33.4 Å². The highest BCUT2D eigenvalue weighted by molar-refractivity contribution is 6.25. The van der Waals surface area contributed by atoms with Gasteiger partial charge in [-0.15, -0.1) is 0 Å². The summed E-state index contributed by atoms with van der Waals surface area (Å²) >= 11 is 0. The van der Waals surface area contributed by atoms with Crippen LogP contribution in [0.4, 0.5) is 17.1 Å². The normalized spacial score (nSPS) is 12.7. The summed E-state index contributed by atoms with van der Waals surface area (Å²) in [6, 6.07) is 96.4. The van der Waals surface area contributed by atoms with Crippen molar-refractivity contribution in [3.05, 3.63) is 283 Å². The van der Waals surface area contributed by atoms with Crippen LogP contribution in [-0.4, -0.2) is 0 Å². The number of fused-ring (bicyclic) bond motifs is 10. The van der Waals surface area contributed by atoms with Crippen molar-refractivity contribution in [3.63, 3.8) is 0 Å². The summed E-state index contributed by atoms with van der Waals surface area (Å²) in [7, 11) is 0. The fourth-order valence-corrected chi connectivity index (χ4v) is 11.2. The van der Waals surface area contributed by atoms with E-state index in [0.717, 1.165) is 17.1 Å². The third-order valence-corrected chi connectivity index (χ3v) is 14.1. The maximum atomic E-state index is 2.46. The third kappa shape index (κ3) is 5.87. The van der Waals surface area contributed by atoms with E-state index in [1.807, 2.05) is 0 Å². The minimum Gasteiger partial charge on any atom is -0.310 e. The van der Waals surface area contributed by atoms with E-state index in [9.17, 15) is 0 Å². The first-order chi connectivity index (χ1) is 32.7. The summed E-state index contributed by atoms with van der Waals surface area (Å²) in [5.41, 5.74) is 15.2. The van der Waals surface area contributed by atoms with Crippen LogP contribution in [0.3, 0.4) is 0 Å². The van der Waals surface area contributed by atoms with Gasteiger partial charge in [0, 0.05) is 17.1 Å². The van der Waals surface area contributed by atoms with E-state index < -0.39 is 5.41 Å². The summed E-state index contributed by atoms with van der Waals surface area (Å²) in [4.78, 5) is 2.45. The predicted octanol–water partition coefficient (Wildman–Crippen LogP) is 17.5. The van der Waals surface area contributed by atoms with E-state index >= 15 is 0 Å². The second-order valence-corrected chi connectivity index (χ2v) is 17.6. The molecule has 0 fully saturated rings. The zero-order valence-electron chi connectivity index (χ0n) is 36.3. The average Bonchev–Trinajstić information content (AvgIpc) is 3.69. The van der Waals surface area contributed by atoms with Crippen LogP contribution in [0.2, 0.25) is 0 Å². The standard InChI is InChI=1S/C65H43N/c1-3-20-48(21-4-1)65(49-22-5-2-6-23-49)63-32-14-13-30-60(63)61-40-38-52(43-64(61)65)66(51-24-15-19-47(41-51)54-31-16-18-45-17-7-8-25-53(45)54)50-36-33-44(34-37-50)46-35-39-59-57-28-10-9-26-55(57)56-27-11-12-29-58(56)62(59)42-46/h1-43H. The maximum absolute atomic E-state index is 2.46. The fourth-order valence-electron chi connectivity index (χ4n) is 11.2. The molecule has 0 saturated carbocycles. The van der Waals surface area contributed by atoms with Gasteiger partial charge in [0.05, 0.1) is 5.41 Å². The minimum absolute atomic E-state index is 0.517. The van der Waals surface area contributed by atoms with Crippen molar-refractivity contribution in [1.82, 2.24) is 0 Å². The molecule has 12 aromatic carbocycles. The molecule has 66 heavy (non-hydrogen) atoms. The molecule has 1 nitrogen and oxygen atoms in total. The van der Waals surface area contributed by atoms with Crippen LogP contribution >= 0.6 is 0 Å². The van der Waals surface area contributed by atoms with E-state index in [1.54, 1.807) is 0 Å². The number of anilines is 3. The Bertz CT molecular complexity index is 3730. The van der Waals surface area contributed by atoms with Gasteiger partial charge in [-0.05, 0) is 141 Å². The molecular weight excluding hydrogens is 795 g/mol. The lowest BCUT2D eigenvalue weighted by molar-refractivity contribution is 0.768. The second-order valence-electron chi connectivity index (χ2n) is 17.6. The molecular formula is C65H43N. The van der Waals surface area contributed by atoms with E-state index in [4.69, 9.17) is 0 Å². The molecule has 0 aliphatic heterocycles. The Morgan fingerprint density at radius 1 is 0.242 bits per heavy atom. The van der Waals surface area contributed by atoms with Gasteiger partial charge in [0.1, 0.15) is 0 Å². The SMILES string of the molecule is c1ccc(C2(c3ccccc3)c3ccccc3-c3ccc(N(c4ccc(-c5ccc6c7ccccc7c7ccccc7c6c5)cc4)c4cccc(-c5cccc6ccccc56)c4)cc32)cc1. The van der Waals surface area contributed by atoms with Crippen molar-refractivity contribution in [2.45, 2.75) is 5.41 Å². The van der Waals surface area contributed by atoms with E-state index in [-0.39, 0.29) is 0 Å². The lowest BCUT2D eigenvalue weighted by Crippen LogP contribution is -2.28. The molecule has 1 aliphatic rings. The first-order valence-electron chi connectivity index (χ1n) is 22.9. The monoisotopic (exact) mass is 837 g/mol. The molecule has 0 bridgehead atoms. The molecule has 12 aromatic rings. The predicted molar refractivity (Wildman–Crippen MR) is 279 cm³/mol. The molecule has 0 aromatic heterocycles. The molecule has 0 unspecified atom stereocenters. The molecule has 0 saturated heterocycles. The van der Waals surface area contributed by atoms with Crippen LogP contribution in [0.1, 0.15) is 22.3 Å². The highest BCUT2D eigenvalue weighted by atomic mass is 15.1. The molecule has 0 radical (unpaired) electrons. The molecule has 0 N–H and O–H groups in total. The Morgan fingerprint density at radius 3 is 1.45 bits per heavy atom. The Morgan fingerprint density at radius 2 is 0.742 bits per heavy atom. The first-order valence-corrected chi connectivity index (χ1v) is 22.9. The Hall–Kier alpha value is -8.52. The smallest absolute Gasteiger partial charge is 0.0714 e. The average molecular weight is 838 g/mol. The van der Waals surface area contributed by atoms with E-state index in [2.05, 4.69) is 266 Å². The van der Waals surface area contributed by atoms with Gasteiger partial charge >= 0.3 is 0 Å². The topological polar surface area (TPSA) is 3.24 Å². The quantitative estimate of drug-likeness (QED) is 0.145. The molecule has 0 atom stereocenters. The zero-order valence-corrected chi connectivity index (χ0v) is 36.3. The summed E-state index contributed by atoms with van der Waals surface area (Å²) in [5, 5.41) is 10.2. The molecule has 13 rings (SSSR count). The van der Waals surface area contributed by atoms with Crippen LogP contribution in [-0.2, 0) is 5.41 Å². The third-order valence-electron chi connectivity index (χ3n) is 14.1. The van der Waals surface area contributed by atoms with Gasteiger partial charge in [-0.3, -0.25) is 0 Å². The van der Waals surface area contributed by atoms with Crippen LogP contribution in [0.5, 0.6) is 0 Å². The second kappa shape index (κ2) is 15.3. The highest BCUT2D eigenvalue weighted by Gasteiger charge is 2.46. The molecule has 308 valence electrons. The lowest BCUT2D eigenvalue weighted by atomic mass is 9.67. The number of rotatable bonds is 7. The lowest BCUT2D eigenvalue weighted by Gasteiger charge is -2.35. The summed E-state index contributed by atoms with van der Waals surface area (Å²) in [5.74, 6) is 0. The van der Waals surface area contributed by atoms with Crippen LogP contribution in [0, 0.1) is 0 Å². The largest absolute Gasteiger partial charge is 0.310 e. The number of hydrogen-bond acceptors (Lipinski definition) is 1. The highest BCUT2D eigenvalue weighted by Crippen LogP contribution is 2.57. The van der Waals surface area contributed by atoms with Crippen molar-refractivity contribution in [2.75, 3.05) is 4.90 Å². The minimum atomic E-state index is -0.517. The Balaban J connectivity index is 1.01. The molecule has 0 spiro atoms. The van der Waals surface area contributed by atoms with Gasteiger partial charge in [-0.1, -0.05) is 218 Å². The molecule has 0 amide bonds. The van der Waals surface area contributed by atoms with Crippen LogP contribution in [0.15, 0.2) is 261 Å². The fraction of sp³-hybridized carbons (Fsp3) is 0.0154. The number of benzene rings is 12. The van der Waals surface area contributed by atoms with Gasteiger partial charge < -0.3 is 4.90 Å². The van der Waals surface area contributed by atoms with E-state index in [0.29, 0.717) is 0 Å². The van der Waals surface area contributed by atoms with Crippen molar-refractivity contribution in [1.29, 1.82) is 0 Å². The van der Waals surface area contributed by atoms with Crippen molar-refractivity contribution in [2.24, 2.45) is 0 Å². The first kappa shape index (κ1) is 38.0. The molecule has 1 heteroatoms. The number of hydrogen-bond donors (Lipinski definition) is 0. The van der Waals surface area contributed by atoms with Gasteiger partial charge in [0.15, 0.2) is 0 Å². The van der Waals surface area contributed by atoms with Gasteiger partial charge in [-0.25, -0.2) is 0 Å². The van der Waals surface area contributed by atoms with Crippen LogP contribution in [0.25, 0.3) is 76.5 Å². The zero-order chi connectivity index (χ0) is 43.6. The molecule has 0 heterocycles. The summed E-state index contributed by atoms with van der Waals surface area (Å²) in [6.07, 6.45) is 0. The van der Waals surface area contributed by atoms with Gasteiger partial charge in [0.2, 0.25) is 0 Å². The van der Waals surface area contributed by atoms with Crippen molar-refractivity contribution >= 4 is 60.2 Å². The van der Waals surface area contributed by atoms with Gasteiger partial charge in [0.25, 0.3) is 0 Å². The van der Waals surface area contributed by atoms with E-state index in [1.165, 1.54) is 98.7 Å². The maximum Gasteiger partial charge on any atom is 0.0714 e. The summed E-state index contributed by atoms with van der Waals surface area (Å²) in [6.45, 7) is 0. The van der Waals surface area contributed by atoms with Gasteiger partial charge in [-0.2, -0.15) is 0 Å². The Labute approximate surface area is 385 Å².